The quantitative estimate of drug-likeness (QED) is 0.657. The van der Waals surface area contributed by atoms with Gasteiger partial charge >= 0.3 is 12.1 Å². The summed E-state index contributed by atoms with van der Waals surface area (Å²) in [6.45, 7) is 6.88. The maximum absolute atomic E-state index is 12.1. The minimum Gasteiger partial charge on any atom is -0.478 e. The molecule has 1 aromatic carbocycles. The van der Waals surface area contributed by atoms with E-state index in [1.165, 1.54) is 12.1 Å². The van der Waals surface area contributed by atoms with Crippen molar-refractivity contribution in [1.29, 1.82) is 0 Å². The number of ether oxygens (including phenoxy) is 1. The fraction of sp³-hybridized carbons (Fsp3) is 0.500. The standard InChI is InChI=1S/C16H21N3O6/c1-16(2,3)25-15(22)18-8-6-17(7-9-18)12-5-4-11(14(20)21)10-13(12)19(23)24/h4-5,10H,6-9H2,1-3H3,(H,20,21). The van der Waals surface area contributed by atoms with E-state index in [4.69, 9.17) is 9.84 Å². The number of aromatic carboxylic acids is 1. The van der Waals surface area contributed by atoms with Crippen LogP contribution in [0.1, 0.15) is 31.1 Å². The van der Waals surface area contributed by atoms with E-state index in [1.54, 1.807) is 30.6 Å². The SMILES string of the molecule is CC(C)(C)OC(=O)N1CCN(c2ccc(C(=O)O)cc2[N+](=O)[O-])CC1. The average Bonchev–Trinajstić information content (AvgIpc) is 2.52. The second kappa shape index (κ2) is 6.96. The van der Waals surface area contributed by atoms with E-state index < -0.39 is 22.6 Å². The topological polar surface area (TPSA) is 113 Å². The summed E-state index contributed by atoms with van der Waals surface area (Å²) in [5.74, 6) is -1.22. The highest BCUT2D eigenvalue weighted by molar-refractivity contribution is 5.89. The second-order valence-corrected chi connectivity index (χ2v) is 6.72. The second-order valence-electron chi connectivity index (χ2n) is 6.72. The van der Waals surface area contributed by atoms with Crippen LogP contribution in [0.4, 0.5) is 16.2 Å². The molecule has 1 aromatic rings. The lowest BCUT2D eigenvalue weighted by molar-refractivity contribution is -0.384. The van der Waals surface area contributed by atoms with Crippen molar-refractivity contribution in [2.45, 2.75) is 26.4 Å². The molecule has 1 aliphatic rings. The van der Waals surface area contributed by atoms with Crippen LogP contribution in [0.5, 0.6) is 0 Å². The molecule has 25 heavy (non-hydrogen) atoms. The molecule has 0 aromatic heterocycles. The number of nitro groups is 1. The number of benzene rings is 1. The fourth-order valence-electron chi connectivity index (χ4n) is 2.53. The molecule has 136 valence electrons. The van der Waals surface area contributed by atoms with Gasteiger partial charge < -0.3 is 19.6 Å². The molecular formula is C16H21N3O6. The Morgan fingerprint density at radius 1 is 1.20 bits per heavy atom. The van der Waals surface area contributed by atoms with Crippen molar-refractivity contribution in [2.24, 2.45) is 0 Å². The smallest absolute Gasteiger partial charge is 0.410 e. The van der Waals surface area contributed by atoms with Crippen molar-refractivity contribution in [1.82, 2.24) is 4.90 Å². The van der Waals surface area contributed by atoms with Crippen LogP contribution < -0.4 is 4.90 Å². The molecule has 0 bridgehead atoms. The molecule has 0 saturated carbocycles. The van der Waals surface area contributed by atoms with E-state index in [2.05, 4.69) is 0 Å². The molecule has 1 aliphatic heterocycles. The van der Waals surface area contributed by atoms with Gasteiger partial charge in [0.2, 0.25) is 0 Å². The first-order chi connectivity index (χ1) is 11.6. The van der Waals surface area contributed by atoms with Gasteiger partial charge in [-0.25, -0.2) is 9.59 Å². The average molecular weight is 351 g/mol. The Labute approximate surface area is 144 Å². The number of piperazine rings is 1. The Hall–Kier alpha value is -2.84. The number of hydrogen-bond acceptors (Lipinski definition) is 6. The Balaban J connectivity index is 2.11. The monoisotopic (exact) mass is 351 g/mol. The van der Waals surface area contributed by atoms with E-state index in [-0.39, 0.29) is 11.3 Å². The van der Waals surface area contributed by atoms with E-state index in [9.17, 15) is 19.7 Å². The third kappa shape index (κ3) is 4.59. The summed E-state index contributed by atoms with van der Waals surface area (Å²) in [6, 6.07) is 3.83. The Kier molecular flexibility index (Phi) is 5.15. The van der Waals surface area contributed by atoms with Crippen LogP contribution in [0.3, 0.4) is 0 Å². The number of amides is 1. The minimum absolute atomic E-state index is 0.136. The van der Waals surface area contributed by atoms with Gasteiger partial charge in [-0.3, -0.25) is 10.1 Å². The van der Waals surface area contributed by atoms with Crippen molar-refractivity contribution < 1.29 is 24.4 Å². The lowest BCUT2D eigenvalue weighted by atomic mass is 10.1. The lowest BCUT2D eigenvalue weighted by Crippen LogP contribution is -2.50. The normalized spacial score (nSPS) is 15.0. The summed E-state index contributed by atoms with van der Waals surface area (Å²) in [5.41, 5.74) is -0.632. The third-order valence-electron chi connectivity index (χ3n) is 3.69. The maximum atomic E-state index is 12.1. The molecule has 9 heteroatoms. The summed E-state index contributed by atoms with van der Waals surface area (Å²) in [4.78, 5) is 37.1. The molecule has 0 unspecified atom stereocenters. The molecule has 9 nitrogen and oxygen atoms in total. The van der Waals surface area contributed by atoms with Gasteiger partial charge in [0.25, 0.3) is 5.69 Å². The molecule has 1 amide bonds. The van der Waals surface area contributed by atoms with Crippen molar-refractivity contribution >= 4 is 23.4 Å². The van der Waals surface area contributed by atoms with Gasteiger partial charge in [-0.15, -0.1) is 0 Å². The molecule has 0 atom stereocenters. The van der Waals surface area contributed by atoms with E-state index in [1.807, 2.05) is 0 Å². The summed E-state index contributed by atoms with van der Waals surface area (Å²) in [5, 5.41) is 20.3. The summed E-state index contributed by atoms with van der Waals surface area (Å²) < 4.78 is 5.32. The number of rotatable bonds is 3. The van der Waals surface area contributed by atoms with Crippen LogP contribution >= 0.6 is 0 Å². The van der Waals surface area contributed by atoms with Crippen LogP contribution in [0.15, 0.2) is 18.2 Å². The van der Waals surface area contributed by atoms with Gasteiger partial charge in [-0.2, -0.15) is 0 Å². The van der Waals surface area contributed by atoms with Crippen LogP contribution in [-0.4, -0.2) is 58.8 Å². The van der Waals surface area contributed by atoms with Gasteiger partial charge in [0.05, 0.1) is 10.5 Å². The minimum atomic E-state index is -1.22. The highest BCUT2D eigenvalue weighted by Gasteiger charge is 2.29. The first kappa shape index (κ1) is 18.5. The molecule has 0 radical (unpaired) electrons. The van der Waals surface area contributed by atoms with Crippen LogP contribution in [0.25, 0.3) is 0 Å². The van der Waals surface area contributed by atoms with Crippen LogP contribution in [-0.2, 0) is 4.74 Å². The van der Waals surface area contributed by atoms with Gasteiger partial charge in [-0.05, 0) is 32.9 Å². The fourth-order valence-corrected chi connectivity index (χ4v) is 2.53. The van der Waals surface area contributed by atoms with Gasteiger partial charge in [0, 0.05) is 32.2 Å². The van der Waals surface area contributed by atoms with E-state index in [0.717, 1.165) is 6.07 Å². The van der Waals surface area contributed by atoms with Crippen LogP contribution in [0, 0.1) is 10.1 Å². The van der Waals surface area contributed by atoms with E-state index in [0.29, 0.717) is 31.9 Å². The molecule has 2 rings (SSSR count). The Bertz CT molecular complexity index is 690. The molecular weight excluding hydrogens is 330 g/mol. The van der Waals surface area contributed by atoms with Gasteiger partial charge in [-0.1, -0.05) is 0 Å². The maximum Gasteiger partial charge on any atom is 0.410 e. The number of anilines is 1. The van der Waals surface area contributed by atoms with Crippen molar-refractivity contribution in [3.05, 3.63) is 33.9 Å². The largest absolute Gasteiger partial charge is 0.478 e. The van der Waals surface area contributed by atoms with Crippen molar-refractivity contribution in [2.75, 3.05) is 31.1 Å². The predicted molar refractivity (Wildman–Crippen MR) is 90.1 cm³/mol. The van der Waals surface area contributed by atoms with Gasteiger partial charge in [0.1, 0.15) is 11.3 Å². The summed E-state index contributed by atoms with van der Waals surface area (Å²) in [7, 11) is 0. The first-order valence-electron chi connectivity index (χ1n) is 7.83. The number of hydrogen-bond donors (Lipinski definition) is 1. The lowest BCUT2D eigenvalue weighted by Gasteiger charge is -2.36. The number of carbonyl (C=O) groups is 2. The molecule has 0 aliphatic carbocycles. The summed E-state index contributed by atoms with van der Waals surface area (Å²) in [6.07, 6.45) is -0.414. The highest BCUT2D eigenvalue weighted by Crippen LogP contribution is 2.30. The number of nitrogens with zero attached hydrogens (tertiary/aromatic N) is 3. The molecule has 1 heterocycles. The van der Waals surface area contributed by atoms with Crippen LogP contribution in [0.2, 0.25) is 0 Å². The molecule has 1 saturated heterocycles. The number of carboxylic acid groups (broad SMARTS) is 1. The molecule has 1 fully saturated rings. The highest BCUT2D eigenvalue weighted by atomic mass is 16.6. The molecule has 0 spiro atoms. The van der Waals surface area contributed by atoms with Gasteiger partial charge in [0.15, 0.2) is 0 Å². The first-order valence-corrected chi connectivity index (χ1v) is 7.83. The van der Waals surface area contributed by atoms with Crippen molar-refractivity contribution in [3.8, 4) is 0 Å². The summed E-state index contributed by atoms with van der Waals surface area (Å²) >= 11 is 0. The number of carboxylic acids is 1. The zero-order valence-electron chi connectivity index (χ0n) is 14.4. The third-order valence-corrected chi connectivity index (χ3v) is 3.69. The predicted octanol–water partition coefficient (Wildman–Crippen LogP) is 2.35. The zero-order valence-corrected chi connectivity index (χ0v) is 14.4. The number of nitro benzene ring substituents is 1. The Morgan fingerprint density at radius 2 is 1.80 bits per heavy atom. The van der Waals surface area contributed by atoms with Crippen molar-refractivity contribution in [3.63, 3.8) is 0 Å². The zero-order chi connectivity index (χ0) is 18.8. The Morgan fingerprint density at radius 3 is 2.28 bits per heavy atom. The molecule has 1 N–H and O–H groups in total. The number of carbonyl (C=O) groups excluding carboxylic acids is 1. The van der Waals surface area contributed by atoms with E-state index >= 15 is 0 Å².